The monoisotopic (exact) mass is 179 g/mol. The molecule has 11 heavy (non-hydrogen) atoms. The van der Waals surface area contributed by atoms with Crippen molar-refractivity contribution in [3.05, 3.63) is 0 Å². The highest BCUT2D eigenvalue weighted by Gasteiger charge is 2.16. The predicted octanol–water partition coefficient (Wildman–Crippen LogP) is 0.766. The summed E-state index contributed by atoms with van der Waals surface area (Å²) in [6.45, 7) is 4.26. The van der Waals surface area contributed by atoms with Gasteiger partial charge in [0.1, 0.15) is 5.88 Å². The van der Waals surface area contributed by atoms with Gasteiger partial charge in [0.15, 0.2) is 0 Å². The summed E-state index contributed by atoms with van der Waals surface area (Å²) in [7, 11) is 1.60. The normalized spacial score (nSPS) is 11.3. The first-order valence-corrected chi connectivity index (χ1v) is 3.93. The van der Waals surface area contributed by atoms with Crippen molar-refractivity contribution in [1.29, 1.82) is 0 Å². The topological polar surface area (TPSA) is 38.3 Å². The Hall–Kier alpha value is -0.280. The summed E-state index contributed by atoms with van der Waals surface area (Å²) in [6.07, 6.45) is 0. The van der Waals surface area contributed by atoms with E-state index in [1.165, 1.54) is 0 Å². The molecule has 1 amide bonds. The molecule has 0 spiro atoms. The molecule has 3 nitrogen and oxygen atoms in total. The van der Waals surface area contributed by atoms with Crippen molar-refractivity contribution in [2.75, 3.05) is 19.5 Å². The summed E-state index contributed by atoms with van der Waals surface area (Å²) in [5.41, 5.74) is -0.318. The van der Waals surface area contributed by atoms with Crippen molar-refractivity contribution in [1.82, 2.24) is 5.32 Å². The number of amides is 1. The third-order valence-corrected chi connectivity index (χ3v) is 1.63. The average molecular weight is 180 g/mol. The Kier molecular flexibility index (Phi) is 4.45. The summed E-state index contributed by atoms with van der Waals surface area (Å²) in [6, 6.07) is 0. The van der Waals surface area contributed by atoms with Crippen LogP contribution in [0.1, 0.15) is 13.8 Å². The molecular formula is C7H14ClNO2. The number of carbonyl (C=O) groups is 1. The summed E-state index contributed by atoms with van der Waals surface area (Å²) in [5.74, 6) is -0.170. The fraction of sp³-hybridized carbons (Fsp3) is 0.857. The molecule has 0 radical (unpaired) electrons. The van der Waals surface area contributed by atoms with Gasteiger partial charge in [-0.05, 0) is 13.8 Å². The molecule has 0 fully saturated rings. The Balaban J connectivity index is 3.61. The zero-order valence-corrected chi connectivity index (χ0v) is 7.86. The van der Waals surface area contributed by atoms with E-state index in [1.807, 2.05) is 13.8 Å². The zero-order chi connectivity index (χ0) is 8.91. The van der Waals surface area contributed by atoms with Crippen molar-refractivity contribution in [2.24, 2.45) is 0 Å². The zero-order valence-electron chi connectivity index (χ0n) is 7.11. The van der Waals surface area contributed by atoms with Gasteiger partial charge in [-0.2, -0.15) is 0 Å². The van der Waals surface area contributed by atoms with E-state index in [1.54, 1.807) is 7.11 Å². The fourth-order valence-electron chi connectivity index (χ4n) is 0.431. The molecule has 0 saturated heterocycles. The van der Waals surface area contributed by atoms with Crippen LogP contribution >= 0.6 is 11.6 Å². The van der Waals surface area contributed by atoms with Crippen molar-refractivity contribution >= 4 is 17.5 Å². The first-order chi connectivity index (χ1) is 5.02. The maximum absolute atomic E-state index is 10.7. The van der Waals surface area contributed by atoms with Gasteiger partial charge in [0.25, 0.3) is 0 Å². The van der Waals surface area contributed by atoms with E-state index in [2.05, 4.69) is 5.32 Å². The van der Waals surface area contributed by atoms with Gasteiger partial charge in [0.2, 0.25) is 5.91 Å². The van der Waals surface area contributed by atoms with Crippen LogP contribution in [0.4, 0.5) is 0 Å². The summed E-state index contributed by atoms with van der Waals surface area (Å²) in [4.78, 5) is 10.7. The standard InChI is InChI=1S/C7H14ClNO2/c1-7(2,11-3)5-9-6(10)4-8/h4-5H2,1-3H3,(H,9,10). The quantitative estimate of drug-likeness (QED) is 0.648. The molecule has 1 N–H and O–H groups in total. The Labute approximate surface area is 72.1 Å². The SMILES string of the molecule is COC(C)(C)CNC(=O)CCl. The van der Waals surface area contributed by atoms with Crippen molar-refractivity contribution in [3.63, 3.8) is 0 Å². The third-order valence-electron chi connectivity index (χ3n) is 1.39. The highest BCUT2D eigenvalue weighted by Crippen LogP contribution is 2.04. The number of hydrogen-bond acceptors (Lipinski definition) is 2. The average Bonchev–Trinajstić information content (AvgIpc) is 2.00. The Bertz CT molecular complexity index is 136. The molecule has 0 rings (SSSR count). The van der Waals surface area contributed by atoms with Crippen LogP contribution in [0.25, 0.3) is 0 Å². The van der Waals surface area contributed by atoms with Gasteiger partial charge in [-0.25, -0.2) is 0 Å². The Morgan fingerprint density at radius 2 is 2.18 bits per heavy atom. The van der Waals surface area contributed by atoms with Crippen LogP contribution in [-0.2, 0) is 9.53 Å². The van der Waals surface area contributed by atoms with Gasteiger partial charge < -0.3 is 10.1 Å². The molecule has 0 aromatic carbocycles. The Morgan fingerprint density at radius 3 is 2.55 bits per heavy atom. The van der Waals surface area contributed by atoms with Gasteiger partial charge in [-0.1, -0.05) is 0 Å². The third kappa shape index (κ3) is 5.04. The second kappa shape index (κ2) is 4.57. The number of rotatable bonds is 4. The second-order valence-corrected chi connectivity index (χ2v) is 3.14. The van der Waals surface area contributed by atoms with Crippen LogP contribution in [0.5, 0.6) is 0 Å². The number of alkyl halides is 1. The lowest BCUT2D eigenvalue weighted by Gasteiger charge is -2.22. The van der Waals surface area contributed by atoms with E-state index in [-0.39, 0.29) is 17.4 Å². The second-order valence-electron chi connectivity index (χ2n) is 2.87. The molecule has 0 aliphatic heterocycles. The van der Waals surface area contributed by atoms with Gasteiger partial charge in [-0.15, -0.1) is 11.6 Å². The molecular weight excluding hydrogens is 166 g/mol. The minimum absolute atomic E-state index is 0.000204. The summed E-state index contributed by atoms with van der Waals surface area (Å²) >= 11 is 5.27. The highest BCUT2D eigenvalue weighted by molar-refractivity contribution is 6.27. The van der Waals surface area contributed by atoms with Crippen molar-refractivity contribution in [2.45, 2.75) is 19.4 Å². The first-order valence-electron chi connectivity index (χ1n) is 3.39. The van der Waals surface area contributed by atoms with Crippen LogP contribution < -0.4 is 5.32 Å². The summed E-state index contributed by atoms with van der Waals surface area (Å²) < 4.78 is 5.07. The van der Waals surface area contributed by atoms with Crippen LogP contribution in [0.3, 0.4) is 0 Å². The van der Waals surface area contributed by atoms with E-state index in [9.17, 15) is 4.79 Å². The molecule has 0 aromatic rings. The Morgan fingerprint density at radius 1 is 1.64 bits per heavy atom. The maximum Gasteiger partial charge on any atom is 0.235 e. The summed E-state index contributed by atoms with van der Waals surface area (Å²) in [5, 5.41) is 2.63. The van der Waals surface area contributed by atoms with Crippen molar-refractivity contribution in [3.8, 4) is 0 Å². The lowest BCUT2D eigenvalue weighted by atomic mass is 10.1. The minimum atomic E-state index is -0.318. The molecule has 0 aromatic heterocycles. The number of nitrogens with one attached hydrogen (secondary N) is 1. The molecule has 0 unspecified atom stereocenters. The molecule has 0 saturated carbocycles. The molecule has 0 aliphatic rings. The molecule has 0 aliphatic carbocycles. The predicted molar refractivity (Wildman–Crippen MR) is 44.8 cm³/mol. The lowest BCUT2D eigenvalue weighted by molar-refractivity contribution is -0.119. The number of carbonyl (C=O) groups excluding carboxylic acids is 1. The largest absolute Gasteiger partial charge is 0.377 e. The molecule has 4 heteroatoms. The maximum atomic E-state index is 10.7. The first kappa shape index (κ1) is 10.7. The molecule has 0 atom stereocenters. The van der Waals surface area contributed by atoms with Gasteiger partial charge in [-0.3, -0.25) is 4.79 Å². The van der Waals surface area contributed by atoms with Crippen molar-refractivity contribution < 1.29 is 9.53 Å². The highest BCUT2D eigenvalue weighted by atomic mass is 35.5. The van der Waals surface area contributed by atoms with E-state index < -0.39 is 0 Å². The number of ether oxygens (including phenoxy) is 1. The minimum Gasteiger partial charge on any atom is -0.377 e. The van der Waals surface area contributed by atoms with Gasteiger partial charge in [0.05, 0.1) is 5.60 Å². The van der Waals surface area contributed by atoms with Crippen LogP contribution in [0, 0.1) is 0 Å². The smallest absolute Gasteiger partial charge is 0.235 e. The van der Waals surface area contributed by atoms with E-state index in [0.717, 1.165) is 0 Å². The van der Waals surface area contributed by atoms with E-state index in [0.29, 0.717) is 6.54 Å². The molecule has 0 bridgehead atoms. The number of hydrogen-bond donors (Lipinski definition) is 1. The number of halogens is 1. The van der Waals surface area contributed by atoms with Crippen LogP contribution in [0.15, 0.2) is 0 Å². The van der Waals surface area contributed by atoms with Crippen LogP contribution in [-0.4, -0.2) is 31.0 Å². The number of methoxy groups -OCH3 is 1. The fourth-order valence-corrected chi connectivity index (χ4v) is 0.525. The molecule has 0 heterocycles. The van der Waals surface area contributed by atoms with E-state index >= 15 is 0 Å². The van der Waals surface area contributed by atoms with Crippen LogP contribution in [0.2, 0.25) is 0 Å². The lowest BCUT2D eigenvalue weighted by Crippen LogP contribution is -2.40. The van der Waals surface area contributed by atoms with E-state index in [4.69, 9.17) is 16.3 Å². The van der Waals surface area contributed by atoms with Gasteiger partial charge >= 0.3 is 0 Å². The molecule has 66 valence electrons. The van der Waals surface area contributed by atoms with Gasteiger partial charge in [0, 0.05) is 13.7 Å².